The number of hydrogen-bond acceptors (Lipinski definition) is 3. The summed E-state index contributed by atoms with van der Waals surface area (Å²) in [6.07, 6.45) is 1.86. The highest BCUT2D eigenvalue weighted by Crippen LogP contribution is 2.42. The van der Waals surface area contributed by atoms with Crippen molar-refractivity contribution in [3.63, 3.8) is 0 Å². The van der Waals surface area contributed by atoms with Gasteiger partial charge in [-0.3, -0.25) is 9.59 Å². The van der Waals surface area contributed by atoms with Crippen LogP contribution in [0.4, 0.5) is 13.2 Å². The topological polar surface area (TPSA) is 49.4 Å². The number of carbonyl (C=O) groups excluding carboxylic acids is 2. The fourth-order valence-electron chi connectivity index (χ4n) is 2.79. The summed E-state index contributed by atoms with van der Waals surface area (Å²) in [5.74, 6) is -0.589. The first-order chi connectivity index (χ1) is 9.63. The molecule has 120 valence electrons. The number of nitrogens with zero attached hydrogens (tertiary/aromatic N) is 1. The molecule has 0 radical (unpaired) electrons. The van der Waals surface area contributed by atoms with Gasteiger partial charge in [0.05, 0.1) is 0 Å². The molecule has 21 heavy (non-hydrogen) atoms. The molecule has 2 fully saturated rings. The van der Waals surface area contributed by atoms with E-state index in [1.165, 1.54) is 4.90 Å². The molecule has 2 rings (SSSR count). The Bertz CT molecular complexity index is 440. The molecule has 1 N–H and O–H groups in total. The number of alkyl halides is 3. The lowest BCUT2D eigenvalue weighted by Gasteiger charge is -2.34. The zero-order valence-electron chi connectivity index (χ0n) is 12.0. The van der Waals surface area contributed by atoms with E-state index in [1.807, 2.05) is 0 Å². The van der Waals surface area contributed by atoms with Gasteiger partial charge < -0.3 is 10.2 Å². The lowest BCUT2D eigenvalue weighted by molar-refractivity contribution is -0.140. The van der Waals surface area contributed by atoms with E-state index in [2.05, 4.69) is 5.32 Å². The molecule has 1 heterocycles. The van der Waals surface area contributed by atoms with Crippen LogP contribution in [0.25, 0.3) is 0 Å². The molecule has 4 nitrogen and oxygen atoms in total. The Balaban J connectivity index is 2.09. The average Bonchev–Trinajstić information content (AvgIpc) is 3.15. The van der Waals surface area contributed by atoms with Gasteiger partial charge in [-0.15, -0.1) is 0 Å². The van der Waals surface area contributed by atoms with E-state index in [0.29, 0.717) is 0 Å². The van der Waals surface area contributed by atoms with E-state index in [4.69, 9.17) is 0 Å². The Morgan fingerprint density at radius 1 is 1.38 bits per heavy atom. The minimum absolute atomic E-state index is 0.00144. The molecule has 8 heteroatoms. The smallest absolute Gasteiger partial charge is 0.342 e. The third-order valence-electron chi connectivity index (χ3n) is 4.11. The molecule has 2 unspecified atom stereocenters. The van der Waals surface area contributed by atoms with Gasteiger partial charge in [-0.1, -0.05) is 0 Å². The van der Waals surface area contributed by atoms with Gasteiger partial charge in [-0.05, 0) is 44.4 Å². The van der Waals surface area contributed by atoms with Gasteiger partial charge in [0.15, 0.2) is 0 Å². The van der Waals surface area contributed by atoms with E-state index in [9.17, 15) is 22.8 Å². The highest BCUT2D eigenvalue weighted by atomic mass is 32.2. The highest BCUT2D eigenvalue weighted by molar-refractivity contribution is 8.00. The second-order valence-electron chi connectivity index (χ2n) is 5.87. The first-order valence-electron chi connectivity index (χ1n) is 6.96. The van der Waals surface area contributed by atoms with E-state index < -0.39 is 11.0 Å². The van der Waals surface area contributed by atoms with E-state index in [-0.39, 0.29) is 54.3 Å². The number of thioether (sulfide) groups is 1. The summed E-state index contributed by atoms with van der Waals surface area (Å²) in [6.45, 7) is 3.39. The zero-order chi connectivity index (χ0) is 15.8. The standard InChI is InChI=1S/C13H19F3N2O2S/c1-8-7-10(19)17-12(2,9-3-4-9)11(20)18(8)5-6-21-13(14,15)16/h8-9H,3-7H2,1-2H3,(H,17,19). The largest absolute Gasteiger partial charge is 0.441 e. The number of hydrogen-bond donors (Lipinski definition) is 1. The molecule has 0 aromatic heterocycles. The second-order valence-corrected chi connectivity index (χ2v) is 7.03. The fourth-order valence-corrected chi connectivity index (χ4v) is 3.31. The maximum atomic E-state index is 12.7. The summed E-state index contributed by atoms with van der Waals surface area (Å²) in [7, 11) is 0. The SMILES string of the molecule is CC1CC(=O)NC(C)(C2CC2)C(=O)N1CCSC(F)(F)F. The predicted octanol–water partition coefficient (Wildman–Crippen LogP) is 2.15. The summed E-state index contributed by atoms with van der Waals surface area (Å²) in [5, 5.41) is 2.77. The first kappa shape index (κ1) is 16.5. The molecule has 2 aliphatic rings. The molecule has 0 aromatic carbocycles. The molecule has 1 aliphatic heterocycles. The molecule has 2 amide bonds. The van der Waals surface area contributed by atoms with Crippen LogP contribution in [0, 0.1) is 5.92 Å². The van der Waals surface area contributed by atoms with Crippen molar-refractivity contribution in [2.45, 2.75) is 50.2 Å². The second kappa shape index (κ2) is 5.70. The number of rotatable bonds is 4. The van der Waals surface area contributed by atoms with Crippen LogP contribution < -0.4 is 5.32 Å². The van der Waals surface area contributed by atoms with Crippen molar-refractivity contribution < 1.29 is 22.8 Å². The lowest BCUT2D eigenvalue weighted by Crippen LogP contribution is -2.57. The molecule has 1 aliphatic carbocycles. The minimum Gasteiger partial charge on any atom is -0.342 e. The average molecular weight is 324 g/mol. The number of halogens is 3. The molecular weight excluding hydrogens is 305 g/mol. The van der Waals surface area contributed by atoms with Crippen molar-refractivity contribution in [1.29, 1.82) is 0 Å². The van der Waals surface area contributed by atoms with Crippen molar-refractivity contribution in [2.24, 2.45) is 5.92 Å². The summed E-state index contributed by atoms with van der Waals surface area (Å²) in [4.78, 5) is 26.0. The van der Waals surface area contributed by atoms with Crippen molar-refractivity contribution in [2.75, 3.05) is 12.3 Å². The van der Waals surface area contributed by atoms with E-state index in [1.54, 1.807) is 13.8 Å². The van der Waals surface area contributed by atoms with Gasteiger partial charge >= 0.3 is 5.51 Å². The van der Waals surface area contributed by atoms with E-state index in [0.717, 1.165) is 12.8 Å². The van der Waals surface area contributed by atoms with Crippen LogP contribution in [-0.2, 0) is 9.59 Å². The van der Waals surface area contributed by atoms with Gasteiger partial charge in [0.1, 0.15) is 5.54 Å². The fraction of sp³-hybridized carbons (Fsp3) is 0.846. The molecule has 2 atom stereocenters. The summed E-state index contributed by atoms with van der Waals surface area (Å²) < 4.78 is 36.7. The lowest BCUT2D eigenvalue weighted by atomic mass is 9.94. The van der Waals surface area contributed by atoms with E-state index >= 15 is 0 Å². The number of carbonyl (C=O) groups is 2. The molecule has 1 saturated heterocycles. The van der Waals surface area contributed by atoms with Crippen LogP contribution >= 0.6 is 11.8 Å². The van der Waals surface area contributed by atoms with Crippen LogP contribution in [0.1, 0.15) is 33.1 Å². The number of nitrogens with one attached hydrogen (secondary N) is 1. The molecule has 0 aromatic rings. The summed E-state index contributed by atoms with van der Waals surface area (Å²) >= 11 is -0.136. The molecule has 0 spiro atoms. The van der Waals surface area contributed by atoms with Gasteiger partial charge in [-0.2, -0.15) is 13.2 Å². The van der Waals surface area contributed by atoms with Crippen molar-refractivity contribution in [3.8, 4) is 0 Å². The number of amides is 2. The van der Waals surface area contributed by atoms with Crippen molar-refractivity contribution in [1.82, 2.24) is 10.2 Å². The maximum Gasteiger partial charge on any atom is 0.441 e. The third kappa shape index (κ3) is 3.84. The van der Waals surface area contributed by atoms with Crippen LogP contribution in [0.2, 0.25) is 0 Å². The van der Waals surface area contributed by atoms with Gasteiger partial charge in [0, 0.05) is 24.8 Å². The normalized spacial score (nSPS) is 31.1. The zero-order valence-corrected chi connectivity index (χ0v) is 12.8. The van der Waals surface area contributed by atoms with Crippen LogP contribution in [0.15, 0.2) is 0 Å². The van der Waals surface area contributed by atoms with Crippen molar-refractivity contribution >= 4 is 23.6 Å². The Hall–Kier alpha value is -0.920. The third-order valence-corrected chi connectivity index (χ3v) is 4.82. The summed E-state index contributed by atoms with van der Waals surface area (Å²) in [6, 6.07) is -0.382. The monoisotopic (exact) mass is 324 g/mol. The quantitative estimate of drug-likeness (QED) is 0.862. The Kier molecular flexibility index (Phi) is 4.46. The van der Waals surface area contributed by atoms with Crippen LogP contribution in [0.5, 0.6) is 0 Å². The Labute approximate surface area is 125 Å². The Morgan fingerprint density at radius 3 is 2.52 bits per heavy atom. The highest BCUT2D eigenvalue weighted by Gasteiger charge is 2.52. The maximum absolute atomic E-state index is 12.7. The molecule has 1 saturated carbocycles. The summed E-state index contributed by atoms with van der Waals surface area (Å²) in [5.41, 5.74) is -5.27. The van der Waals surface area contributed by atoms with Gasteiger partial charge in [-0.25, -0.2) is 0 Å². The minimum atomic E-state index is -4.30. The van der Waals surface area contributed by atoms with Gasteiger partial charge in [0.25, 0.3) is 0 Å². The van der Waals surface area contributed by atoms with Crippen molar-refractivity contribution in [3.05, 3.63) is 0 Å². The van der Waals surface area contributed by atoms with Crippen LogP contribution in [0.3, 0.4) is 0 Å². The predicted molar refractivity (Wildman–Crippen MR) is 73.6 cm³/mol. The van der Waals surface area contributed by atoms with Crippen LogP contribution in [-0.4, -0.2) is 46.1 Å². The Morgan fingerprint density at radius 2 is 2.00 bits per heavy atom. The molecular formula is C13H19F3N2O2S. The first-order valence-corrected chi connectivity index (χ1v) is 7.95. The van der Waals surface area contributed by atoms with Gasteiger partial charge in [0.2, 0.25) is 11.8 Å². The molecule has 0 bridgehead atoms.